The highest BCUT2D eigenvalue weighted by molar-refractivity contribution is 6.25. The molecular formula is C30H50N8O. The molecule has 9 heteroatoms. The van der Waals surface area contributed by atoms with Crippen molar-refractivity contribution in [3.8, 4) is 0 Å². The standard InChI is InChI=1S/C30H50N8O/c1-3-4-16-34-29(39)38-20-18-37(19-21-38)27(31)30(2)28(36-30)35-23-25-13-11-24(12-14-25)22-32-15-8-17-33-26-9-6-5-7-10-26/h11-14,26,31-33H,3-10,15-23H2,1-2H3,(H,34,39)(H,35,36). The zero-order chi connectivity index (χ0) is 27.5. The fraction of sp³-hybridized carbons (Fsp3) is 0.700. The highest BCUT2D eigenvalue weighted by Gasteiger charge is 2.52. The van der Waals surface area contributed by atoms with Crippen LogP contribution in [0.3, 0.4) is 0 Å². The molecule has 3 fully saturated rings. The lowest BCUT2D eigenvalue weighted by molar-refractivity contribution is 0.168. The molecule has 1 aromatic rings. The first-order valence-corrected chi connectivity index (χ1v) is 15.2. The lowest BCUT2D eigenvalue weighted by Gasteiger charge is -2.37. The van der Waals surface area contributed by atoms with Crippen molar-refractivity contribution < 1.29 is 4.79 Å². The van der Waals surface area contributed by atoms with Crippen LogP contribution in [0.25, 0.3) is 0 Å². The van der Waals surface area contributed by atoms with Gasteiger partial charge in [0, 0.05) is 45.3 Å². The van der Waals surface area contributed by atoms with E-state index in [1.165, 1.54) is 43.2 Å². The summed E-state index contributed by atoms with van der Waals surface area (Å²) >= 11 is 0. The Morgan fingerprint density at radius 3 is 2.41 bits per heavy atom. The van der Waals surface area contributed by atoms with Crippen molar-refractivity contribution in [2.75, 3.05) is 45.8 Å². The maximum absolute atomic E-state index is 12.3. The molecule has 39 heavy (non-hydrogen) atoms. The topological polar surface area (TPSA) is 118 Å². The number of hydrogen-bond donors (Lipinski definition) is 5. The Morgan fingerprint density at radius 2 is 1.69 bits per heavy atom. The Kier molecular flexibility index (Phi) is 11.0. The number of benzene rings is 1. The Morgan fingerprint density at radius 1 is 1.00 bits per heavy atom. The number of carbonyl (C=O) groups is 1. The second kappa shape index (κ2) is 14.7. The number of unbranched alkanes of at least 4 members (excludes halogenated alkanes) is 1. The van der Waals surface area contributed by atoms with Crippen LogP contribution in [0.15, 0.2) is 29.3 Å². The fourth-order valence-corrected chi connectivity index (χ4v) is 5.50. The molecule has 2 saturated heterocycles. The average Bonchev–Trinajstić information content (AvgIpc) is 3.65. The van der Waals surface area contributed by atoms with Gasteiger partial charge in [0.15, 0.2) is 5.54 Å². The minimum atomic E-state index is -0.499. The lowest BCUT2D eigenvalue weighted by Crippen LogP contribution is -2.55. The lowest BCUT2D eigenvalue weighted by atomic mass is 9.95. The van der Waals surface area contributed by atoms with Crippen LogP contribution in [0.1, 0.15) is 76.3 Å². The summed E-state index contributed by atoms with van der Waals surface area (Å²) in [4.78, 5) is 21.0. The first-order valence-electron chi connectivity index (χ1n) is 15.2. The van der Waals surface area contributed by atoms with E-state index in [1.807, 2.05) is 11.8 Å². The van der Waals surface area contributed by atoms with Crippen LogP contribution in [0, 0.1) is 5.41 Å². The van der Waals surface area contributed by atoms with E-state index in [-0.39, 0.29) is 6.03 Å². The number of nitrogens with zero attached hydrogens (tertiary/aromatic N) is 3. The third-order valence-electron chi connectivity index (χ3n) is 8.28. The van der Waals surface area contributed by atoms with Crippen LogP contribution in [-0.2, 0) is 13.1 Å². The Labute approximate surface area is 235 Å². The van der Waals surface area contributed by atoms with Crippen molar-refractivity contribution in [2.24, 2.45) is 4.99 Å². The number of aliphatic imine (C=N–C) groups is 1. The highest BCUT2D eigenvalue weighted by atomic mass is 16.2. The van der Waals surface area contributed by atoms with Gasteiger partial charge in [-0.3, -0.25) is 10.4 Å². The summed E-state index contributed by atoms with van der Waals surface area (Å²) < 4.78 is 0. The number of amidine groups is 2. The molecule has 5 N–H and O–H groups in total. The zero-order valence-electron chi connectivity index (χ0n) is 24.2. The average molecular weight is 539 g/mol. The van der Waals surface area contributed by atoms with Crippen LogP contribution in [0.5, 0.6) is 0 Å². The molecule has 2 aliphatic heterocycles. The Balaban J connectivity index is 1.12. The summed E-state index contributed by atoms with van der Waals surface area (Å²) in [5, 5.41) is 22.4. The number of rotatable bonds is 13. The molecule has 0 radical (unpaired) electrons. The molecule has 2 amide bonds. The van der Waals surface area contributed by atoms with Crippen LogP contribution in [0.4, 0.5) is 4.79 Å². The first kappa shape index (κ1) is 29.3. The van der Waals surface area contributed by atoms with Gasteiger partial charge in [0.05, 0.1) is 6.54 Å². The van der Waals surface area contributed by atoms with E-state index in [0.29, 0.717) is 38.6 Å². The van der Waals surface area contributed by atoms with Crippen LogP contribution in [0.2, 0.25) is 0 Å². The molecule has 4 rings (SSSR count). The summed E-state index contributed by atoms with van der Waals surface area (Å²) in [7, 11) is 0. The zero-order valence-corrected chi connectivity index (χ0v) is 24.2. The SMILES string of the molecule is CCCCNC(=O)N1CCN(C(=N)C2(C)NC2=NCc2ccc(CNCCCNC3CCCCC3)cc2)CC1. The Bertz CT molecular complexity index is 950. The predicted octanol–water partition coefficient (Wildman–Crippen LogP) is 3.45. The van der Waals surface area contributed by atoms with E-state index < -0.39 is 5.54 Å². The summed E-state index contributed by atoms with van der Waals surface area (Å²) in [6, 6.07) is 9.43. The molecule has 0 bridgehead atoms. The van der Waals surface area contributed by atoms with Gasteiger partial charge in [0.1, 0.15) is 11.7 Å². The molecule has 9 nitrogen and oxygen atoms in total. The monoisotopic (exact) mass is 538 g/mol. The van der Waals surface area contributed by atoms with Crippen molar-refractivity contribution in [3.63, 3.8) is 0 Å². The van der Waals surface area contributed by atoms with Crippen molar-refractivity contribution in [1.82, 2.24) is 31.1 Å². The second-order valence-electron chi connectivity index (χ2n) is 11.5. The maximum atomic E-state index is 12.3. The van der Waals surface area contributed by atoms with E-state index in [2.05, 4.69) is 57.4 Å². The van der Waals surface area contributed by atoms with Gasteiger partial charge >= 0.3 is 6.03 Å². The second-order valence-corrected chi connectivity index (χ2v) is 11.5. The molecule has 1 unspecified atom stereocenters. The van der Waals surface area contributed by atoms with Gasteiger partial charge < -0.3 is 31.1 Å². The van der Waals surface area contributed by atoms with E-state index >= 15 is 0 Å². The number of piperazine rings is 1. The minimum Gasteiger partial charge on any atom is -0.355 e. The summed E-state index contributed by atoms with van der Waals surface area (Å²) in [6.07, 6.45) is 10.1. The molecule has 1 saturated carbocycles. The number of carbonyl (C=O) groups excluding carboxylic acids is 1. The summed E-state index contributed by atoms with van der Waals surface area (Å²) in [6.45, 7) is 11.1. The number of amides is 2. The van der Waals surface area contributed by atoms with Crippen molar-refractivity contribution in [2.45, 2.75) is 89.9 Å². The molecule has 1 aliphatic carbocycles. The molecule has 2 heterocycles. The normalized spacial score (nSPS) is 22.6. The van der Waals surface area contributed by atoms with Crippen molar-refractivity contribution >= 4 is 17.7 Å². The molecule has 0 spiro atoms. The van der Waals surface area contributed by atoms with Gasteiger partial charge in [0.25, 0.3) is 0 Å². The third-order valence-corrected chi connectivity index (χ3v) is 8.28. The largest absolute Gasteiger partial charge is 0.355 e. The van der Waals surface area contributed by atoms with Gasteiger partial charge in [-0.1, -0.05) is 56.9 Å². The van der Waals surface area contributed by atoms with E-state index in [1.54, 1.807) is 0 Å². The van der Waals surface area contributed by atoms with Crippen LogP contribution < -0.4 is 21.3 Å². The smallest absolute Gasteiger partial charge is 0.317 e. The van der Waals surface area contributed by atoms with Crippen LogP contribution in [-0.4, -0.2) is 84.9 Å². The minimum absolute atomic E-state index is 0.0107. The van der Waals surface area contributed by atoms with E-state index in [9.17, 15) is 4.79 Å². The molecule has 216 valence electrons. The number of hydrogen-bond acceptors (Lipinski definition) is 5. The van der Waals surface area contributed by atoms with Crippen LogP contribution >= 0.6 is 0 Å². The molecule has 3 aliphatic rings. The molecule has 0 aromatic heterocycles. The number of urea groups is 1. The highest BCUT2D eigenvalue weighted by Crippen LogP contribution is 2.25. The van der Waals surface area contributed by atoms with E-state index in [0.717, 1.165) is 57.3 Å². The summed E-state index contributed by atoms with van der Waals surface area (Å²) in [5.74, 6) is 1.42. The van der Waals surface area contributed by atoms with Gasteiger partial charge in [-0.25, -0.2) is 4.79 Å². The fourth-order valence-electron chi connectivity index (χ4n) is 5.50. The number of nitrogens with one attached hydrogen (secondary N) is 5. The van der Waals surface area contributed by atoms with Gasteiger partial charge in [-0.2, -0.15) is 0 Å². The van der Waals surface area contributed by atoms with Crippen molar-refractivity contribution in [1.29, 1.82) is 5.41 Å². The quantitative estimate of drug-likeness (QED) is 0.114. The molecular weight excluding hydrogens is 488 g/mol. The van der Waals surface area contributed by atoms with Gasteiger partial charge in [-0.05, 0) is 56.8 Å². The molecule has 1 atom stereocenters. The maximum Gasteiger partial charge on any atom is 0.317 e. The predicted molar refractivity (Wildman–Crippen MR) is 160 cm³/mol. The molecule has 1 aromatic carbocycles. The Hall–Kier alpha value is -2.65. The van der Waals surface area contributed by atoms with E-state index in [4.69, 9.17) is 10.4 Å². The van der Waals surface area contributed by atoms with Gasteiger partial charge in [0.2, 0.25) is 0 Å². The summed E-state index contributed by atoms with van der Waals surface area (Å²) in [5.41, 5.74) is 1.97. The van der Waals surface area contributed by atoms with Crippen molar-refractivity contribution in [3.05, 3.63) is 35.4 Å². The van der Waals surface area contributed by atoms with Gasteiger partial charge in [-0.15, -0.1) is 0 Å². The third kappa shape index (κ3) is 8.67. The first-order chi connectivity index (χ1) is 19.0.